The molecule has 0 saturated carbocycles. The topological polar surface area (TPSA) is 57.2 Å². The number of hydrogen-bond donors (Lipinski definition) is 0. The predicted molar refractivity (Wildman–Crippen MR) is 181 cm³/mol. The molecule has 2 aromatic rings. The maximum Gasteiger partial charge on any atom is 1.00 e. The van der Waals surface area contributed by atoms with Crippen LogP contribution in [0.2, 0.25) is 0 Å². The van der Waals surface area contributed by atoms with E-state index in [1.54, 1.807) is 6.07 Å². The zero-order chi connectivity index (χ0) is 30.3. The molecule has 0 amide bonds. The summed E-state index contributed by atoms with van der Waals surface area (Å²) in [5.41, 5.74) is 1.89. The fourth-order valence-corrected chi connectivity index (χ4v) is 7.48. The van der Waals surface area contributed by atoms with Crippen LogP contribution in [0.4, 0.5) is 0 Å². The van der Waals surface area contributed by atoms with Crippen molar-refractivity contribution in [2.75, 3.05) is 0 Å². The van der Waals surface area contributed by atoms with Crippen molar-refractivity contribution in [3.63, 3.8) is 0 Å². The van der Waals surface area contributed by atoms with Crippen molar-refractivity contribution in [1.29, 1.82) is 0 Å². The Hall–Kier alpha value is -0.390. The number of benzene rings is 2. The smallest absolute Gasteiger partial charge is 0.744 e. The standard InChI is InChI=1S/C38H64O3S.Na/c1-3-5-7-9-11-13-15-17-19-21-23-25-29-34-33-35-30-27-28-32-37(35)38(42(39,40)41)36(34)31-26-24-22-20-18-16-14-12-10-8-6-4-2;/h27-28,30,32-33H,3-26,29,31H2,1-2H3,(H,39,40,41);/q;+1/p-1. The fraction of sp³-hybridized carbons (Fsp3) is 0.737. The number of hydrogen-bond acceptors (Lipinski definition) is 3. The molecule has 2 rings (SSSR count). The summed E-state index contributed by atoms with van der Waals surface area (Å²) in [4.78, 5) is 0.0533. The van der Waals surface area contributed by atoms with Crippen molar-refractivity contribution in [3.05, 3.63) is 41.5 Å². The van der Waals surface area contributed by atoms with Gasteiger partial charge >= 0.3 is 29.6 Å². The van der Waals surface area contributed by atoms with Crippen LogP contribution in [-0.4, -0.2) is 13.0 Å². The first-order valence-corrected chi connectivity index (χ1v) is 19.4. The molecule has 2 aromatic carbocycles. The molecule has 0 heterocycles. The predicted octanol–water partition coefficient (Wildman–Crippen LogP) is 9.24. The Kier molecular flexibility index (Phi) is 24.3. The molecule has 0 N–H and O–H groups in total. The molecule has 0 aromatic heterocycles. The monoisotopic (exact) mass is 622 g/mol. The van der Waals surface area contributed by atoms with Gasteiger partial charge in [0.05, 0.1) is 4.90 Å². The van der Waals surface area contributed by atoms with Crippen molar-refractivity contribution < 1.29 is 42.5 Å². The second-order valence-electron chi connectivity index (χ2n) is 12.8. The van der Waals surface area contributed by atoms with Crippen molar-refractivity contribution in [2.45, 2.75) is 186 Å². The van der Waals surface area contributed by atoms with Crippen LogP contribution in [0.5, 0.6) is 0 Å². The molecule has 0 spiro atoms. The molecule has 0 aliphatic carbocycles. The zero-order valence-corrected chi connectivity index (χ0v) is 31.2. The molecule has 0 fully saturated rings. The maximum atomic E-state index is 12.6. The van der Waals surface area contributed by atoms with E-state index in [1.165, 1.54) is 135 Å². The number of rotatable bonds is 27. The molecule has 0 radical (unpaired) electrons. The Bertz CT molecular complexity index is 1070. The molecule has 0 bridgehead atoms. The van der Waals surface area contributed by atoms with Crippen LogP contribution in [-0.2, 0) is 23.0 Å². The summed E-state index contributed by atoms with van der Waals surface area (Å²) in [7, 11) is -4.55. The van der Waals surface area contributed by atoms with Gasteiger partial charge in [-0.25, -0.2) is 8.42 Å². The van der Waals surface area contributed by atoms with Gasteiger partial charge in [-0.2, -0.15) is 0 Å². The molecule has 0 saturated heterocycles. The molecule has 0 atom stereocenters. The van der Waals surface area contributed by atoms with Gasteiger partial charge in [0, 0.05) is 0 Å². The van der Waals surface area contributed by atoms with Gasteiger partial charge < -0.3 is 4.55 Å². The van der Waals surface area contributed by atoms with E-state index in [2.05, 4.69) is 19.9 Å². The molecular formula is C38H63NaO3S. The van der Waals surface area contributed by atoms with Gasteiger partial charge in [-0.1, -0.05) is 185 Å². The van der Waals surface area contributed by atoms with Gasteiger partial charge in [-0.15, -0.1) is 0 Å². The van der Waals surface area contributed by atoms with Crippen molar-refractivity contribution in [3.8, 4) is 0 Å². The molecule has 43 heavy (non-hydrogen) atoms. The summed E-state index contributed by atoms with van der Waals surface area (Å²) in [5.74, 6) is 0. The van der Waals surface area contributed by atoms with Crippen LogP contribution in [0.3, 0.4) is 0 Å². The van der Waals surface area contributed by atoms with E-state index >= 15 is 0 Å². The molecule has 0 aliphatic heterocycles. The van der Waals surface area contributed by atoms with Crippen LogP contribution in [0.1, 0.15) is 179 Å². The number of fused-ring (bicyclic) bond motifs is 1. The first-order valence-electron chi connectivity index (χ1n) is 18.0. The third-order valence-corrected chi connectivity index (χ3v) is 9.99. The van der Waals surface area contributed by atoms with E-state index in [0.29, 0.717) is 11.8 Å². The van der Waals surface area contributed by atoms with Crippen LogP contribution < -0.4 is 29.6 Å². The van der Waals surface area contributed by atoms with Crippen LogP contribution >= 0.6 is 0 Å². The first-order chi connectivity index (χ1) is 20.5. The van der Waals surface area contributed by atoms with Gasteiger partial charge in [-0.05, 0) is 47.6 Å². The van der Waals surface area contributed by atoms with E-state index in [1.807, 2.05) is 18.2 Å². The molecule has 3 nitrogen and oxygen atoms in total. The largest absolute Gasteiger partial charge is 1.00 e. The Morgan fingerprint density at radius 3 is 1.33 bits per heavy atom. The normalized spacial score (nSPS) is 11.7. The first kappa shape index (κ1) is 40.6. The van der Waals surface area contributed by atoms with Gasteiger partial charge in [0.2, 0.25) is 0 Å². The summed E-state index contributed by atoms with van der Waals surface area (Å²) in [5, 5.41) is 1.47. The SMILES string of the molecule is CCCCCCCCCCCCCCc1cc2ccccc2c(S(=O)(=O)[O-])c1CCCCCCCCCCCCCC.[Na+]. The van der Waals surface area contributed by atoms with Gasteiger partial charge in [0.1, 0.15) is 10.1 Å². The summed E-state index contributed by atoms with van der Waals surface area (Å²) in [6.45, 7) is 4.53. The molecular weight excluding hydrogens is 559 g/mol. The molecule has 240 valence electrons. The minimum absolute atomic E-state index is 0. The summed E-state index contributed by atoms with van der Waals surface area (Å²) >= 11 is 0. The summed E-state index contributed by atoms with van der Waals surface area (Å²) in [6.07, 6.45) is 32.5. The number of aryl methyl sites for hydroxylation is 1. The van der Waals surface area contributed by atoms with Gasteiger partial charge in [0.15, 0.2) is 0 Å². The van der Waals surface area contributed by atoms with E-state index < -0.39 is 10.1 Å². The van der Waals surface area contributed by atoms with Crippen LogP contribution in [0.25, 0.3) is 10.8 Å². The van der Waals surface area contributed by atoms with Gasteiger partial charge in [-0.3, -0.25) is 0 Å². The van der Waals surface area contributed by atoms with Gasteiger partial charge in [0.25, 0.3) is 0 Å². The Morgan fingerprint density at radius 1 is 0.535 bits per heavy atom. The van der Waals surface area contributed by atoms with Crippen molar-refractivity contribution >= 4 is 20.9 Å². The minimum atomic E-state index is -4.55. The molecule has 0 unspecified atom stereocenters. The summed E-state index contributed by atoms with van der Waals surface area (Å²) in [6, 6.07) is 9.69. The average Bonchev–Trinajstić information content (AvgIpc) is 2.97. The average molecular weight is 623 g/mol. The second kappa shape index (κ2) is 25.8. The number of unbranched alkanes of at least 4 members (excludes halogenated alkanes) is 22. The van der Waals surface area contributed by atoms with Crippen molar-refractivity contribution in [2.24, 2.45) is 0 Å². The van der Waals surface area contributed by atoms with Crippen LogP contribution in [0.15, 0.2) is 35.2 Å². The van der Waals surface area contributed by atoms with E-state index in [0.717, 1.165) is 42.2 Å². The second-order valence-corrected chi connectivity index (χ2v) is 14.1. The Morgan fingerprint density at radius 2 is 0.907 bits per heavy atom. The minimum Gasteiger partial charge on any atom is -0.744 e. The van der Waals surface area contributed by atoms with E-state index in [4.69, 9.17) is 0 Å². The zero-order valence-electron chi connectivity index (χ0n) is 28.4. The third-order valence-electron chi connectivity index (χ3n) is 9.03. The van der Waals surface area contributed by atoms with Crippen LogP contribution in [0, 0.1) is 0 Å². The van der Waals surface area contributed by atoms with Crippen molar-refractivity contribution in [1.82, 2.24) is 0 Å². The summed E-state index contributed by atoms with van der Waals surface area (Å²) < 4.78 is 37.7. The Labute approximate surface area is 288 Å². The maximum absolute atomic E-state index is 12.6. The Balaban J connectivity index is 0.00000924. The third kappa shape index (κ3) is 17.8. The fourth-order valence-electron chi connectivity index (χ4n) is 6.49. The quantitative estimate of drug-likeness (QED) is 0.0567. The molecule has 5 heteroatoms. The molecule has 0 aliphatic rings. The van der Waals surface area contributed by atoms with E-state index in [9.17, 15) is 13.0 Å². The van der Waals surface area contributed by atoms with E-state index in [-0.39, 0.29) is 34.5 Å².